The van der Waals surface area contributed by atoms with E-state index in [4.69, 9.17) is 9.47 Å². The van der Waals surface area contributed by atoms with Crippen molar-refractivity contribution in [3.8, 4) is 11.5 Å². The predicted molar refractivity (Wildman–Crippen MR) is 90.0 cm³/mol. The summed E-state index contributed by atoms with van der Waals surface area (Å²) in [5, 5.41) is 2.76. The number of methoxy groups -OCH3 is 3. The van der Waals surface area contributed by atoms with E-state index < -0.39 is 5.97 Å². The number of hydrogen-bond donors (Lipinski definition) is 1. The van der Waals surface area contributed by atoms with Crippen molar-refractivity contribution in [2.45, 2.75) is 6.92 Å². The van der Waals surface area contributed by atoms with Crippen LogP contribution in [0, 0.1) is 6.92 Å². The van der Waals surface area contributed by atoms with E-state index in [9.17, 15) is 9.59 Å². The molecule has 0 aromatic heterocycles. The van der Waals surface area contributed by atoms with Crippen molar-refractivity contribution >= 4 is 17.6 Å². The number of amides is 1. The van der Waals surface area contributed by atoms with Gasteiger partial charge in [-0.15, -0.1) is 0 Å². The average molecular weight is 329 g/mol. The maximum Gasteiger partial charge on any atom is 0.337 e. The minimum atomic E-state index is -0.464. The van der Waals surface area contributed by atoms with E-state index in [1.165, 1.54) is 21.3 Å². The SMILES string of the molecule is COC(=O)c1cccc(NC(=O)c2cc(OC)c(OC)cc2C)c1. The van der Waals surface area contributed by atoms with Gasteiger partial charge in [0.2, 0.25) is 0 Å². The molecule has 0 unspecified atom stereocenters. The maximum atomic E-state index is 12.5. The zero-order chi connectivity index (χ0) is 17.7. The van der Waals surface area contributed by atoms with E-state index in [0.717, 1.165) is 5.56 Å². The molecule has 2 aromatic carbocycles. The third-order valence-electron chi connectivity index (χ3n) is 3.52. The fourth-order valence-corrected chi connectivity index (χ4v) is 2.27. The lowest BCUT2D eigenvalue weighted by molar-refractivity contribution is 0.0600. The molecule has 6 nitrogen and oxygen atoms in total. The zero-order valence-corrected chi connectivity index (χ0v) is 14.0. The van der Waals surface area contributed by atoms with Crippen molar-refractivity contribution in [3.05, 3.63) is 53.1 Å². The number of hydrogen-bond acceptors (Lipinski definition) is 5. The van der Waals surface area contributed by atoms with Crippen LogP contribution in [0.4, 0.5) is 5.69 Å². The topological polar surface area (TPSA) is 73.9 Å². The second-order valence-electron chi connectivity index (χ2n) is 5.05. The van der Waals surface area contributed by atoms with E-state index >= 15 is 0 Å². The molecule has 1 N–H and O–H groups in total. The molecule has 1 amide bonds. The van der Waals surface area contributed by atoms with E-state index in [-0.39, 0.29) is 5.91 Å². The number of rotatable bonds is 5. The summed E-state index contributed by atoms with van der Waals surface area (Å²) in [5.41, 5.74) is 2.06. The Morgan fingerprint density at radius 2 is 1.62 bits per heavy atom. The molecular weight excluding hydrogens is 310 g/mol. The van der Waals surface area contributed by atoms with Crippen molar-refractivity contribution in [3.63, 3.8) is 0 Å². The van der Waals surface area contributed by atoms with Gasteiger partial charge in [0, 0.05) is 11.3 Å². The number of esters is 1. The normalized spacial score (nSPS) is 10.0. The standard InChI is InChI=1S/C18H19NO5/c1-11-8-15(22-2)16(23-3)10-14(11)17(20)19-13-7-5-6-12(9-13)18(21)24-4/h5-10H,1-4H3,(H,19,20). The molecule has 6 heteroatoms. The largest absolute Gasteiger partial charge is 0.493 e. The van der Waals surface area contributed by atoms with Crippen LogP contribution in [0.3, 0.4) is 0 Å². The highest BCUT2D eigenvalue weighted by Gasteiger charge is 2.15. The zero-order valence-electron chi connectivity index (χ0n) is 14.0. The van der Waals surface area contributed by atoms with Gasteiger partial charge in [-0.25, -0.2) is 4.79 Å². The van der Waals surface area contributed by atoms with E-state index in [1.807, 2.05) is 6.92 Å². The van der Waals surface area contributed by atoms with Gasteiger partial charge in [0.05, 0.1) is 26.9 Å². The number of benzene rings is 2. The van der Waals surface area contributed by atoms with Crippen LogP contribution < -0.4 is 14.8 Å². The van der Waals surface area contributed by atoms with Gasteiger partial charge >= 0.3 is 5.97 Å². The van der Waals surface area contributed by atoms with Crippen molar-refractivity contribution in [2.24, 2.45) is 0 Å². The predicted octanol–water partition coefficient (Wildman–Crippen LogP) is 3.05. The number of carbonyl (C=O) groups excluding carboxylic acids is 2. The highest BCUT2D eigenvalue weighted by molar-refractivity contribution is 6.06. The van der Waals surface area contributed by atoms with Crippen molar-refractivity contribution in [1.29, 1.82) is 0 Å². The van der Waals surface area contributed by atoms with Crippen molar-refractivity contribution < 1.29 is 23.8 Å². The number of ether oxygens (including phenoxy) is 3. The Balaban J connectivity index is 2.29. The van der Waals surface area contributed by atoms with Crippen molar-refractivity contribution in [1.82, 2.24) is 0 Å². The minimum Gasteiger partial charge on any atom is -0.493 e. The quantitative estimate of drug-likeness (QED) is 0.854. The summed E-state index contributed by atoms with van der Waals surface area (Å²) in [7, 11) is 4.35. The highest BCUT2D eigenvalue weighted by Crippen LogP contribution is 2.30. The summed E-state index contributed by atoms with van der Waals surface area (Å²) in [5.74, 6) is 0.250. The number of anilines is 1. The average Bonchev–Trinajstić information content (AvgIpc) is 2.60. The molecule has 0 saturated heterocycles. The van der Waals surface area contributed by atoms with Crippen LogP contribution in [-0.4, -0.2) is 33.2 Å². The number of aryl methyl sites for hydroxylation is 1. The van der Waals surface area contributed by atoms with Crippen LogP contribution in [-0.2, 0) is 4.74 Å². The van der Waals surface area contributed by atoms with Gasteiger partial charge < -0.3 is 19.5 Å². The summed E-state index contributed by atoms with van der Waals surface area (Å²) in [6.45, 7) is 1.81. The Morgan fingerprint density at radius 1 is 0.958 bits per heavy atom. The van der Waals surface area contributed by atoms with Gasteiger partial charge in [0.15, 0.2) is 11.5 Å². The lowest BCUT2D eigenvalue weighted by Gasteiger charge is -2.13. The summed E-state index contributed by atoms with van der Waals surface area (Å²) in [6.07, 6.45) is 0. The molecule has 0 bridgehead atoms. The minimum absolute atomic E-state index is 0.310. The molecule has 0 spiro atoms. The van der Waals surface area contributed by atoms with Crippen LogP contribution in [0.25, 0.3) is 0 Å². The third-order valence-corrected chi connectivity index (χ3v) is 3.52. The van der Waals surface area contributed by atoms with E-state index in [1.54, 1.807) is 36.4 Å². The van der Waals surface area contributed by atoms with Crippen LogP contribution in [0.5, 0.6) is 11.5 Å². The molecule has 0 fully saturated rings. The first-order valence-corrected chi connectivity index (χ1v) is 7.22. The Bertz CT molecular complexity index is 770. The fourth-order valence-electron chi connectivity index (χ4n) is 2.27. The lowest BCUT2D eigenvalue weighted by Crippen LogP contribution is -2.14. The molecule has 24 heavy (non-hydrogen) atoms. The first-order chi connectivity index (χ1) is 11.5. The Kier molecular flexibility index (Phi) is 5.42. The van der Waals surface area contributed by atoms with Gasteiger partial charge in [-0.1, -0.05) is 6.07 Å². The second kappa shape index (κ2) is 7.50. The Labute approximate surface area is 140 Å². The summed E-state index contributed by atoms with van der Waals surface area (Å²) < 4.78 is 15.1. The lowest BCUT2D eigenvalue weighted by atomic mass is 10.1. The molecule has 2 rings (SSSR count). The number of carbonyl (C=O) groups is 2. The van der Waals surface area contributed by atoms with Gasteiger partial charge in [0.25, 0.3) is 5.91 Å². The van der Waals surface area contributed by atoms with Crippen LogP contribution >= 0.6 is 0 Å². The third kappa shape index (κ3) is 3.65. The van der Waals surface area contributed by atoms with Crippen molar-refractivity contribution in [2.75, 3.05) is 26.6 Å². The molecule has 0 aliphatic carbocycles. The van der Waals surface area contributed by atoms with E-state index in [0.29, 0.717) is 28.3 Å². The molecule has 0 radical (unpaired) electrons. The molecule has 0 heterocycles. The first kappa shape index (κ1) is 17.3. The molecule has 0 atom stereocenters. The van der Waals surface area contributed by atoms with Crippen LogP contribution in [0.2, 0.25) is 0 Å². The van der Waals surface area contributed by atoms with Crippen LogP contribution in [0.1, 0.15) is 26.3 Å². The smallest absolute Gasteiger partial charge is 0.337 e. The molecular formula is C18H19NO5. The number of nitrogens with one attached hydrogen (secondary N) is 1. The first-order valence-electron chi connectivity index (χ1n) is 7.22. The van der Waals surface area contributed by atoms with Crippen LogP contribution in [0.15, 0.2) is 36.4 Å². The summed E-state index contributed by atoms with van der Waals surface area (Å²) >= 11 is 0. The highest BCUT2D eigenvalue weighted by atomic mass is 16.5. The van der Waals surface area contributed by atoms with Gasteiger partial charge in [-0.2, -0.15) is 0 Å². The van der Waals surface area contributed by atoms with E-state index in [2.05, 4.69) is 10.1 Å². The summed E-state index contributed by atoms with van der Waals surface area (Å²) in [4.78, 5) is 24.1. The Morgan fingerprint density at radius 3 is 2.25 bits per heavy atom. The molecule has 0 aliphatic rings. The Hall–Kier alpha value is -3.02. The van der Waals surface area contributed by atoms with Gasteiger partial charge in [-0.05, 0) is 42.8 Å². The fraction of sp³-hybridized carbons (Fsp3) is 0.222. The van der Waals surface area contributed by atoms with Gasteiger partial charge in [0.1, 0.15) is 0 Å². The summed E-state index contributed by atoms with van der Waals surface area (Å²) in [6, 6.07) is 9.89. The van der Waals surface area contributed by atoms with Gasteiger partial charge in [-0.3, -0.25) is 4.79 Å². The second-order valence-corrected chi connectivity index (χ2v) is 5.05. The molecule has 0 saturated carbocycles. The monoisotopic (exact) mass is 329 g/mol. The molecule has 126 valence electrons. The molecule has 0 aliphatic heterocycles. The molecule has 2 aromatic rings. The maximum absolute atomic E-state index is 12.5.